The van der Waals surface area contributed by atoms with Gasteiger partial charge in [0.2, 0.25) is 0 Å². The largest absolute Gasteiger partial charge is 0.333 e. The van der Waals surface area contributed by atoms with E-state index in [1.54, 1.807) is 17.5 Å². The van der Waals surface area contributed by atoms with E-state index in [1.165, 1.54) is 10.4 Å². The van der Waals surface area contributed by atoms with Crippen molar-refractivity contribution in [2.24, 2.45) is 0 Å². The Morgan fingerprint density at radius 2 is 1.92 bits per heavy atom. The van der Waals surface area contributed by atoms with Gasteiger partial charge in [0, 0.05) is 16.8 Å². The summed E-state index contributed by atoms with van der Waals surface area (Å²) in [7, 11) is 0. The fraction of sp³-hybridized carbons (Fsp3) is 0.143. The molecule has 0 spiro atoms. The quantitative estimate of drug-likeness (QED) is 0.549. The molecule has 0 radical (unpaired) electrons. The van der Waals surface area contributed by atoms with Gasteiger partial charge < -0.3 is 4.90 Å². The van der Waals surface area contributed by atoms with E-state index in [1.807, 2.05) is 52.7 Å². The molecule has 5 heteroatoms. The molecule has 0 saturated heterocycles. The van der Waals surface area contributed by atoms with Crippen LogP contribution in [0.4, 0.5) is 0 Å². The Bertz CT molecular complexity index is 992. The van der Waals surface area contributed by atoms with Crippen LogP contribution < -0.4 is 0 Å². The first kappa shape index (κ1) is 16.5. The van der Waals surface area contributed by atoms with E-state index in [2.05, 4.69) is 28.4 Å². The lowest BCUT2D eigenvalue weighted by Gasteiger charge is -2.22. The average molecular weight is 361 g/mol. The van der Waals surface area contributed by atoms with Gasteiger partial charge in [0.15, 0.2) is 0 Å². The summed E-state index contributed by atoms with van der Waals surface area (Å²) < 4.78 is 0. The molecule has 2 heterocycles. The van der Waals surface area contributed by atoms with E-state index >= 15 is 0 Å². The SMILES string of the molecule is O=C(c1cccc2cn[nH]c12)N(CCc1ccccc1)Cc1cccs1. The molecule has 0 bridgehead atoms. The molecule has 0 fully saturated rings. The van der Waals surface area contributed by atoms with Crippen LogP contribution in [0.25, 0.3) is 10.9 Å². The Morgan fingerprint density at radius 3 is 2.73 bits per heavy atom. The number of benzene rings is 2. The number of thiophene rings is 1. The number of fused-ring (bicyclic) bond motifs is 1. The van der Waals surface area contributed by atoms with Crippen molar-refractivity contribution in [1.29, 1.82) is 0 Å². The first-order valence-corrected chi connectivity index (χ1v) is 9.47. The minimum absolute atomic E-state index is 0.0316. The van der Waals surface area contributed by atoms with Gasteiger partial charge in [-0.15, -0.1) is 11.3 Å². The zero-order valence-corrected chi connectivity index (χ0v) is 15.1. The summed E-state index contributed by atoms with van der Waals surface area (Å²) in [6, 6.07) is 20.1. The Labute approximate surface area is 156 Å². The van der Waals surface area contributed by atoms with Crippen molar-refractivity contribution in [3.63, 3.8) is 0 Å². The van der Waals surface area contributed by atoms with Crippen molar-refractivity contribution >= 4 is 28.1 Å². The molecule has 2 aromatic heterocycles. The lowest BCUT2D eigenvalue weighted by Crippen LogP contribution is -2.32. The maximum Gasteiger partial charge on any atom is 0.256 e. The molecule has 2 aromatic carbocycles. The molecule has 0 aliphatic heterocycles. The second-order valence-electron chi connectivity index (χ2n) is 6.18. The highest BCUT2D eigenvalue weighted by molar-refractivity contribution is 7.09. The zero-order chi connectivity index (χ0) is 17.8. The number of rotatable bonds is 6. The highest BCUT2D eigenvalue weighted by Gasteiger charge is 2.19. The molecule has 4 nitrogen and oxygen atoms in total. The lowest BCUT2D eigenvalue weighted by molar-refractivity contribution is 0.0748. The number of carbonyl (C=O) groups excluding carboxylic acids is 1. The molecular weight excluding hydrogens is 342 g/mol. The first-order chi connectivity index (χ1) is 12.8. The van der Waals surface area contributed by atoms with Crippen LogP contribution in [0, 0.1) is 0 Å². The number of para-hydroxylation sites is 1. The maximum absolute atomic E-state index is 13.3. The number of nitrogens with zero attached hydrogens (tertiary/aromatic N) is 2. The van der Waals surface area contributed by atoms with E-state index < -0.39 is 0 Å². The summed E-state index contributed by atoms with van der Waals surface area (Å²) in [6.45, 7) is 1.29. The first-order valence-electron chi connectivity index (χ1n) is 8.59. The lowest BCUT2D eigenvalue weighted by atomic mass is 10.1. The summed E-state index contributed by atoms with van der Waals surface area (Å²) in [4.78, 5) is 16.4. The Kier molecular flexibility index (Phi) is 4.80. The maximum atomic E-state index is 13.3. The van der Waals surface area contributed by atoms with Gasteiger partial charge in [0.25, 0.3) is 5.91 Å². The number of hydrogen-bond acceptors (Lipinski definition) is 3. The summed E-state index contributed by atoms with van der Waals surface area (Å²) in [6.07, 6.45) is 2.58. The van der Waals surface area contributed by atoms with Gasteiger partial charge in [-0.2, -0.15) is 5.10 Å². The zero-order valence-electron chi connectivity index (χ0n) is 14.3. The van der Waals surface area contributed by atoms with Gasteiger partial charge in [0.1, 0.15) is 0 Å². The van der Waals surface area contributed by atoms with Crippen molar-refractivity contribution in [1.82, 2.24) is 15.1 Å². The van der Waals surface area contributed by atoms with Gasteiger partial charge in [-0.05, 0) is 29.5 Å². The fourth-order valence-corrected chi connectivity index (χ4v) is 3.79. The van der Waals surface area contributed by atoms with Gasteiger partial charge in [-0.3, -0.25) is 9.89 Å². The van der Waals surface area contributed by atoms with Crippen LogP contribution in [0.5, 0.6) is 0 Å². The van der Waals surface area contributed by atoms with Crippen LogP contribution in [0.1, 0.15) is 20.8 Å². The molecule has 0 unspecified atom stereocenters. The van der Waals surface area contributed by atoms with Crippen LogP contribution in [0.3, 0.4) is 0 Å². The number of hydrogen-bond donors (Lipinski definition) is 1. The normalized spacial score (nSPS) is 10.9. The number of H-pyrrole nitrogens is 1. The monoisotopic (exact) mass is 361 g/mol. The Hall–Kier alpha value is -2.92. The second kappa shape index (κ2) is 7.54. The average Bonchev–Trinajstić information content (AvgIpc) is 3.36. The Morgan fingerprint density at radius 1 is 1.04 bits per heavy atom. The molecular formula is C21H19N3OS. The van der Waals surface area contributed by atoms with Crippen molar-refractivity contribution in [3.8, 4) is 0 Å². The number of amides is 1. The van der Waals surface area contributed by atoms with Crippen molar-refractivity contribution in [2.75, 3.05) is 6.54 Å². The molecule has 130 valence electrons. The molecule has 26 heavy (non-hydrogen) atoms. The minimum atomic E-state index is 0.0316. The van der Waals surface area contributed by atoms with Crippen molar-refractivity contribution in [2.45, 2.75) is 13.0 Å². The third-order valence-electron chi connectivity index (χ3n) is 4.43. The fourth-order valence-electron chi connectivity index (χ4n) is 3.07. The van der Waals surface area contributed by atoms with Gasteiger partial charge >= 0.3 is 0 Å². The van der Waals surface area contributed by atoms with E-state index in [-0.39, 0.29) is 5.91 Å². The predicted octanol–water partition coefficient (Wildman–Crippen LogP) is 4.51. The van der Waals surface area contributed by atoms with Gasteiger partial charge in [0.05, 0.1) is 23.8 Å². The summed E-state index contributed by atoms with van der Waals surface area (Å²) >= 11 is 1.68. The van der Waals surface area contributed by atoms with Crippen LogP contribution >= 0.6 is 11.3 Å². The highest BCUT2D eigenvalue weighted by Crippen LogP contribution is 2.20. The van der Waals surface area contributed by atoms with Crippen LogP contribution in [-0.4, -0.2) is 27.5 Å². The Balaban J connectivity index is 1.60. The van der Waals surface area contributed by atoms with E-state index in [0.717, 1.165) is 17.3 Å². The van der Waals surface area contributed by atoms with E-state index in [9.17, 15) is 4.79 Å². The molecule has 0 aliphatic rings. The van der Waals surface area contributed by atoms with Crippen molar-refractivity contribution < 1.29 is 4.79 Å². The predicted molar refractivity (Wildman–Crippen MR) is 105 cm³/mol. The van der Waals surface area contributed by atoms with Crippen LogP contribution in [-0.2, 0) is 13.0 Å². The summed E-state index contributed by atoms with van der Waals surface area (Å²) in [5, 5.41) is 10.0. The highest BCUT2D eigenvalue weighted by atomic mass is 32.1. The third kappa shape index (κ3) is 3.53. The molecule has 4 rings (SSSR count). The standard InChI is InChI=1S/C21H19N3OS/c25-21(19-10-4-8-17-14-22-23-20(17)19)24(15-18-9-5-13-26-18)12-11-16-6-2-1-3-7-16/h1-10,13-14H,11-12,15H2,(H,22,23). The van der Waals surface area contributed by atoms with Crippen LogP contribution in [0.15, 0.2) is 72.2 Å². The number of aromatic nitrogens is 2. The number of nitrogens with one attached hydrogen (secondary N) is 1. The van der Waals surface area contributed by atoms with Crippen LogP contribution in [0.2, 0.25) is 0 Å². The minimum Gasteiger partial charge on any atom is -0.333 e. The topological polar surface area (TPSA) is 49.0 Å². The summed E-state index contributed by atoms with van der Waals surface area (Å²) in [5.74, 6) is 0.0316. The molecule has 4 aromatic rings. The molecule has 0 aliphatic carbocycles. The molecule has 1 N–H and O–H groups in total. The molecule has 0 atom stereocenters. The summed E-state index contributed by atoms with van der Waals surface area (Å²) in [5.41, 5.74) is 2.70. The van der Waals surface area contributed by atoms with Gasteiger partial charge in [-0.1, -0.05) is 48.5 Å². The van der Waals surface area contributed by atoms with E-state index in [4.69, 9.17) is 0 Å². The third-order valence-corrected chi connectivity index (χ3v) is 5.30. The molecule has 0 saturated carbocycles. The number of aromatic amines is 1. The molecule has 1 amide bonds. The van der Waals surface area contributed by atoms with E-state index in [0.29, 0.717) is 18.7 Å². The smallest absolute Gasteiger partial charge is 0.256 e. The van der Waals surface area contributed by atoms with Crippen molar-refractivity contribution in [3.05, 3.63) is 88.2 Å². The van der Waals surface area contributed by atoms with Gasteiger partial charge in [-0.25, -0.2) is 0 Å². The second-order valence-corrected chi connectivity index (χ2v) is 7.21. The number of carbonyl (C=O) groups is 1.